The molecule has 0 aliphatic heterocycles. The highest BCUT2D eigenvalue weighted by Crippen LogP contribution is 2.24. The first-order valence-corrected chi connectivity index (χ1v) is 6.97. The summed E-state index contributed by atoms with van der Waals surface area (Å²) in [6.45, 7) is 6.33. The van der Waals surface area contributed by atoms with E-state index in [1.807, 2.05) is 12.1 Å². The summed E-state index contributed by atoms with van der Waals surface area (Å²) in [6, 6.07) is 12.7. The van der Waals surface area contributed by atoms with Crippen molar-refractivity contribution in [3.8, 4) is 5.75 Å². The molecule has 2 N–H and O–H groups in total. The second kappa shape index (κ2) is 6.10. The van der Waals surface area contributed by atoms with Gasteiger partial charge in [0.2, 0.25) is 0 Å². The quantitative estimate of drug-likeness (QED) is 0.914. The molecule has 1 atom stereocenters. The van der Waals surface area contributed by atoms with Crippen LogP contribution in [0.4, 0.5) is 0 Å². The van der Waals surface area contributed by atoms with E-state index in [2.05, 4.69) is 45.0 Å². The average molecular weight is 269 g/mol. The molecule has 20 heavy (non-hydrogen) atoms. The van der Waals surface area contributed by atoms with Gasteiger partial charge in [0, 0.05) is 6.04 Å². The Hall–Kier alpha value is -1.80. The summed E-state index contributed by atoms with van der Waals surface area (Å²) in [7, 11) is 1.68. The van der Waals surface area contributed by atoms with Crippen molar-refractivity contribution in [3.63, 3.8) is 0 Å². The fourth-order valence-electron chi connectivity index (χ4n) is 2.74. The van der Waals surface area contributed by atoms with E-state index in [-0.39, 0.29) is 6.04 Å². The van der Waals surface area contributed by atoms with E-state index >= 15 is 0 Å². The van der Waals surface area contributed by atoms with Crippen LogP contribution in [-0.2, 0) is 6.42 Å². The molecule has 0 heterocycles. The van der Waals surface area contributed by atoms with Crippen molar-refractivity contribution in [1.29, 1.82) is 0 Å². The van der Waals surface area contributed by atoms with E-state index in [0.717, 1.165) is 12.2 Å². The number of hydrogen-bond donors (Lipinski definition) is 1. The van der Waals surface area contributed by atoms with Crippen molar-refractivity contribution in [2.45, 2.75) is 33.2 Å². The zero-order chi connectivity index (χ0) is 14.7. The first kappa shape index (κ1) is 14.6. The third-order valence-corrected chi connectivity index (χ3v) is 3.61. The number of hydrogen-bond acceptors (Lipinski definition) is 2. The molecule has 0 radical (unpaired) electrons. The van der Waals surface area contributed by atoms with Gasteiger partial charge in [-0.1, -0.05) is 35.4 Å². The third-order valence-electron chi connectivity index (χ3n) is 3.61. The van der Waals surface area contributed by atoms with Gasteiger partial charge < -0.3 is 10.5 Å². The highest BCUT2D eigenvalue weighted by molar-refractivity contribution is 5.38. The van der Waals surface area contributed by atoms with E-state index in [9.17, 15) is 0 Å². The van der Waals surface area contributed by atoms with Crippen LogP contribution < -0.4 is 10.5 Å². The summed E-state index contributed by atoms with van der Waals surface area (Å²) < 4.78 is 5.24. The molecular weight excluding hydrogens is 246 g/mol. The Labute approximate surface area is 121 Å². The Morgan fingerprint density at radius 3 is 2.20 bits per heavy atom. The van der Waals surface area contributed by atoms with Gasteiger partial charge in [0.05, 0.1) is 7.11 Å². The molecule has 2 aromatic carbocycles. The first-order valence-electron chi connectivity index (χ1n) is 6.97. The fourth-order valence-corrected chi connectivity index (χ4v) is 2.74. The van der Waals surface area contributed by atoms with Crippen molar-refractivity contribution >= 4 is 0 Å². The molecule has 0 saturated carbocycles. The van der Waals surface area contributed by atoms with E-state index < -0.39 is 0 Å². The second-order valence-electron chi connectivity index (χ2n) is 5.53. The van der Waals surface area contributed by atoms with Crippen LogP contribution in [0.25, 0.3) is 0 Å². The maximum Gasteiger partial charge on any atom is 0.119 e. The fraction of sp³-hybridized carbons (Fsp3) is 0.333. The standard InChI is InChI=1S/C18H23NO/c1-12-7-13(2)9-15(8-12)11-18(19)17-6-5-16(20-4)10-14(17)3/h5-10,18H,11,19H2,1-4H3. The summed E-state index contributed by atoms with van der Waals surface area (Å²) in [6.07, 6.45) is 0.857. The molecule has 1 unspecified atom stereocenters. The Morgan fingerprint density at radius 2 is 1.65 bits per heavy atom. The minimum Gasteiger partial charge on any atom is -0.497 e. The molecule has 0 fully saturated rings. The van der Waals surface area contributed by atoms with Crippen molar-refractivity contribution in [1.82, 2.24) is 0 Å². The van der Waals surface area contributed by atoms with Gasteiger partial charge in [-0.25, -0.2) is 0 Å². The monoisotopic (exact) mass is 269 g/mol. The van der Waals surface area contributed by atoms with Crippen LogP contribution >= 0.6 is 0 Å². The highest BCUT2D eigenvalue weighted by atomic mass is 16.5. The summed E-state index contributed by atoms with van der Waals surface area (Å²) >= 11 is 0. The number of ether oxygens (including phenoxy) is 1. The number of rotatable bonds is 4. The van der Waals surface area contributed by atoms with Crippen molar-refractivity contribution in [2.24, 2.45) is 5.73 Å². The molecule has 0 aliphatic rings. The van der Waals surface area contributed by atoms with E-state index in [1.165, 1.54) is 27.8 Å². The maximum absolute atomic E-state index is 6.38. The molecule has 0 aliphatic carbocycles. The Morgan fingerprint density at radius 1 is 1.00 bits per heavy atom. The van der Waals surface area contributed by atoms with Crippen LogP contribution in [0.3, 0.4) is 0 Å². The number of nitrogens with two attached hydrogens (primary N) is 1. The van der Waals surface area contributed by atoms with E-state index in [4.69, 9.17) is 10.5 Å². The van der Waals surface area contributed by atoms with Gasteiger partial charge in [-0.2, -0.15) is 0 Å². The summed E-state index contributed by atoms with van der Waals surface area (Å²) in [5.74, 6) is 0.879. The van der Waals surface area contributed by atoms with E-state index in [0.29, 0.717) is 0 Å². The molecular formula is C18H23NO. The average Bonchev–Trinajstić information content (AvgIpc) is 2.36. The van der Waals surface area contributed by atoms with E-state index in [1.54, 1.807) is 7.11 Å². The minimum absolute atomic E-state index is 0.0158. The first-order chi connectivity index (χ1) is 9.49. The molecule has 2 heteroatoms. The zero-order valence-corrected chi connectivity index (χ0v) is 12.7. The molecule has 0 saturated heterocycles. The lowest BCUT2D eigenvalue weighted by atomic mass is 9.94. The van der Waals surface area contributed by atoms with Gasteiger partial charge in [-0.05, 0) is 56.0 Å². The molecule has 2 nitrogen and oxygen atoms in total. The van der Waals surface area contributed by atoms with Gasteiger partial charge in [0.1, 0.15) is 5.75 Å². The second-order valence-corrected chi connectivity index (χ2v) is 5.53. The maximum atomic E-state index is 6.38. The van der Waals surface area contributed by atoms with Crippen molar-refractivity contribution in [2.75, 3.05) is 7.11 Å². The topological polar surface area (TPSA) is 35.2 Å². The van der Waals surface area contributed by atoms with Gasteiger partial charge in [0.15, 0.2) is 0 Å². The number of aryl methyl sites for hydroxylation is 3. The lowest BCUT2D eigenvalue weighted by Crippen LogP contribution is -2.15. The molecule has 0 aromatic heterocycles. The molecule has 106 valence electrons. The number of methoxy groups -OCH3 is 1. The van der Waals surface area contributed by atoms with Crippen LogP contribution in [0.5, 0.6) is 5.75 Å². The van der Waals surface area contributed by atoms with Crippen LogP contribution in [-0.4, -0.2) is 7.11 Å². The molecule has 0 amide bonds. The lowest BCUT2D eigenvalue weighted by molar-refractivity contribution is 0.414. The van der Waals surface area contributed by atoms with Crippen molar-refractivity contribution < 1.29 is 4.74 Å². The third kappa shape index (κ3) is 3.40. The zero-order valence-electron chi connectivity index (χ0n) is 12.7. The number of benzene rings is 2. The van der Waals surface area contributed by atoms with Crippen molar-refractivity contribution in [3.05, 3.63) is 64.2 Å². The molecule has 0 spiro atoms. The molecule has 0 bridgehead atoms. The predicted molar refractivity (Wildman–Crippen MR) is 84.3 cm³/mol. The van der Waals surface area contributed by atoms with Crippen LogP contribution in [0, 0.1) is 20.8 Å². The predicted octanol–water partition coefficient (Wildman–Crippen LogP) is 3.86. The highest BCUT2D eigenvalue weighted by Gasteiger charge is 2.11. The molecule has 2 rings (SSSR count). The smallest absolute Gasteiger partial charge is 0.119 e. The summed E-state index contributed by atoms with van der Waals surface area (Å²) in [5, 5.41) is 0. The van der Waals surface area contributed by atoms with Gasteiger partial charge in [-0.15, -0.1) is 0 Å². The largest absolute Gasteiger partial charge is 0.497 e. The Kier molecular flexibility index (Phi) is 4.46. The summed E-state index contributed by atoms with van der Waals surface area (Å²) in [5.41, 5.74) is 12.6. The minimum atomic E-state index is 0.0158. The van der Waals surface area contributed by atoms with Crippen LogP contribution in [0.2, 0.25) is 0 Å². The molecule has 2 aromatic rings. The SMILES string of the molecule is COc1ccc(C(N)Cc2cc(C)cc(C)c2)c(C)c1. The summed E-state index contributed by atoms with van der Waals surface area (Å²) in [4.78, 5) is 0. The van der Waals surface area contributed by atoms with Gasteiger partial charge >= 0.3 is 0 Å². The van der Waals surface area contributed by atoms with Gasteiger partial charge in [0.25, 0.3) is 0 Å². The van der Waals surface area contributed by atoms with Crippen LogP contribution in [0.15, 0.2) is 36.4 Å². The van der Waals surface area contributed by atoms with Gasteiger partial charge in [-0.3, -0.25) is 0 Å². The normalized spacial score (nSPS) is 12.2. The van der Waals surface area contributed by atoms with Crippen LogP contribution in [0.1, 0.15) is 33.9 Å². The Bertz CT molecular complexity index is 584. The lowest BCUT2D eigenvalue weighted by Gasteiger charge is -2.16. The Balaban J connectivity index is 2.21.